The Hall–Kier alpha value is -0.470. The van der Waals surface area contributed by atoms with Crippen molar-refractivity contribution >= 4 is 11.8 Å². The van der Waals surface area contributed by atoms with E-state index < -0.39 is 0 Å². The fourth-order valence-corrected chi connectivity index (χ4v) is 2.44. The fourth-order valence-electron chi connectivity index (χ4n) is 1.48. The summed E-state index contributed by atoms with van der Waals surface area (Å²) in [5.74, 6) is 1.01. The number of thioether (sulfide) groups is 1. The largest absolute Gasteiger partial charge is 0.323 e. The van der Waals surface area contributed by atoms with E-state index in [0.717, 1.165) is 5.75 Å². The molecule has 0 aliphatic carbocycles. The lowest BCUT2D eigenvalue weighted by molar-refractivity contribution is 0.819. The van der Waals surface area contributed by atoms with Gasteiger partial charge in [0.1, 0.15) is 0 Å². The minimum absolute atomic E-state index is 0.165. The van der Waals surface area contributed by atoms with Crippen LogP contribution in [0.3, 0.4) is 0 Å². The Labute approximate surface area is 104 Å². The van der Waals surface area contributed by atoms with E-state index in [0.29, 0.717) is 5.25 Å². The highest BCUT2D eigenvalue weighted by Crippen LogP contribution is 2.22. The van der Waals surface area contributed by atoms with E-state index in [1.807, 2.05) is 11.8 Å². The van der Waals surface area contributed by atoms with Gasteiger partial charge in [-0.2, -0.15) is 11.8 Å². The molecule has 90 valence electrons. The van der Waals surface area contributed by atoms with Crippen molar-refractivity contribution in [2.75, 3.05) is 5.75 Å². The Bertz CT molecular complexity index is 336. The van der Waals surface area contributed by atoms with Crippen LogP contribution in [0, 0.1) is 13.8 Å². The Morgan fingerprint density at radius 2 is 1.94 bits per heavy atom. The fraction of sp³-hybridized carbons (Fsp3) is 0.571. The van der Waals surface area contributed by atoms with Gasteiger partial charge in [-0.15, -0.1) is 0 Å². The maximum atomic E-state index is 6.20. The van der Waals surface area contributed by atoms with Crippen LogP contribution in [0.4, 0.5) is 0 Å². The van der Waals surface area contributed by atoms with E-state index in [1.54, 1.807) is 0 Å². The van der Waals surface area contributed by atoms with Gasteiger partial charge in [0, 0.05) is 17.0 Å². The van der Waals surface area contributed by atoms with Crippen LogP contribution in [0.15, 0.2) is 18.2 Å². The van der Waals surface area contributed by atoms with Gasteiger partial charge < -0.3 is 5.73 Å². The summed E-state index contributed by atoms with van der Waals surface area (Å²) in [6.07, 6.45) is 1.21. The lowest BCUT2D eigenvalue weighted by atomic mass is 10.0. The first-order valence-electron chi connectivity index (χ1n) is 5.99. The molecule has 0 bridgehead atoms. The van der Waals surface area contributed by atoms with Crippen molar-refractivity contribution in [1.82, 2.24) is 0 Å². The molecule has 0 fully saturated rings. The van der Waals surface area contributed by atoms with Crippen LogP contribution >= 0.6 is 11.8 Å². The van der Waals surface area contributed by atoms with Gasteiger partial charge in [0.2, 0.25) is 0 Å². The van der Waals surface area contributed by atoms with Crippen LogP contribution in [0.2, 0.25) is 0 Å². The predicted molar refractivity (Wildman–Crippen MR) is 75.1 cm³/mol. The molecule has 2 heteroatoms. The summed E-state index contributed by atoms with van der Waals surface area (Å²) < 4.78 is 0. The molecule has 1 aromatic rings. The topological polar surface area (TPSA) is 26.0 Å². The second-order valence-corrected chi connectivity index (χ2v) is 5.97. The summed E-state index contributed by atoms with van der Waals surface area (Å²) in [6, 6.07) is 6.71. The zero-order valence-electron chi connectivity index (χ0n) is 10.8. The lowest BCUT2D eigenvalue weighted by Crippen LogP contribution is -2.14. The number of rotatable bonds is 5. The third-order valence-corrected chi connectivity index (χ3v) is 4.55. The van der Waals surface area contributed by atoms with Crippen LogP contribution in [0.5, 0.6) is 0 Å². The third-order valence-electron chi connectivity index (χ3n) is 3.09. The molecular weight excluding hydrogens is 214 g/mol. The van der Waals surface area contributed by atoms with Crippen molar-refractivity contribution in [3.63, 3.8) is 0 Å². The Balaban J connectivity index is 2.59. The van der Waals surface area contributed by atoms with Crippen molar-refractivity contribution < 1.29 is 0 Å². The van der Waals surface area contributed by atoms with Gasteiger partial charge in [-0.25, -0.2) is 0 Å². The predicted octanol–water partition coefficient (Wildman–Crippen LogP) is 3.83. The molecule has 1 rings (SSSR count). The highest BCUT2D eigenvalue weighted by Gasteiger charge is 2.09. The molecule has 0 amide bonds. The molecule has 0 aromatic heterocycles. The summed E-state index contributed by atoms with van der Waals surface area (Å²) in [4.78, 5) is 0. The maximum Gasteiger partial charge on any atom is 0.0386 e. The minimum Gasteiger partial charge on any atom is -0.323 e. The summed E-state index contributed by atoms with van der Waals surface area (Å²) >= 11 is 1.96. The van der Waals surface area contributed by atoms with E-state index in [4.69, 9.17) is 5.73 Å². The van der Waals surface area contributed by atoms with Crippen molar-refractivity contribution in [3.05, 3.63) is 34.9 Å². The number of hydrogen-bond acceptors (Lipinski definition) is 2. The second kappa shape index (κ2) is 6.31. The Morgan fingerprint density at radius 3 is 2.50 bits per heavy atom. The van der Waals surface area contributed by atoms with Crippen LogP contribution in [0.1, 0.15) is 43.0 Å². The number of nitrogens with two attached hydrogens (primary N) is 1. The van der Waals surface area contributed by atoms with E-state index >= 15 is 0 Å². The van der Waals surface area contributed by atoms with Gasteiger partial charge in [0.05, 0.1) is 0 Å². The molecule has 2 N–H and O–H groups in total. The monoisotopic (exact) mass is 237 g/mol. The Morgan fingerprint density at radius 1 is 1.25 bits per heavy atom. The van der Waals surface area contributed by atoms with Crippen molar-refractivity contribution in [2.24, 2.45) is 5.73 Å². The van der Waals surface area contributed by atoms with Crippen molar-refractivity contribution in [2.45, 2.75) is 45.4 Å². The molecule has 0 aliphatic rings. The molecule has 0 aliphatic heterocycles. The van der Waals surface area contributed by atoms with E-state index in [2.05, 4.69) is 45.9 Å². The molecule has 0 radical (unpaired) electrons. The first-order chi connectivity index (χ1) is 7.54. The summed E-state index contributed by atoms with van der Waals surface area (Å²) in [5.41, 5.74) is 10.1. The van der Waals surface area contributed by atoms with Crippen molar-refractivity contribution in [3.8, 4) is 0 Å². The SMILES string of the molecule is CCC(C)SCC(N)c1ccc(C)c(C)c1. The Kier molecular flexibility index (Phi) is 5.36. The average molecular weight is 237 g/mol. The highest BCUT2D eigenvalue weighted by atomic mass is 32.2. The molecule has 2 unspecified atom stereocenters. The first kappa shape index (κ1) is 13.6. The van der Waals surface area contributed by atoms with Gasteiger partial charge in [0.25, 0.3) is 0 Å². The molecular formula is C14H23NS. The molecule has 2 atom stereocenters. The molecule has 1 aromatic carbocycles. The van der Waals surface area contributed by atoms with Gasteiger partial charge >= 0.3 is 0 Å². The summed E-state index contributed by atoms with van der Waals surface area (Å²) in [5, 5.41) is 0.706. The number of benzene rings is 1. The quantitative estimate of drug-likeness (QED) is 0.842. The molecule has 16 heavy (non-hydrogen) atoms. The highest BCUT2D eigenvalue weighted by molar-refractivity contribution is 7.99. The first-order valence-corrected chi connectivity index (χ1v) is 7.03. The molecule has 1 nitrogen and oxygen atoms in total. The van der Waals surface area contributed by atoms with Gasteiger partial charge in [-0.05, 0) is 37.0 Å². The normalized spacial score (nSPS) is 14.8. The van der Waals surface area contributed by atoms with Gasteiger partial charge in [-0.1, -0.05) is 32.0 Å². The second-order valence-electron chi connectivity index (χ2n) is 4.50. The van der Waals surface area contributed by atoms with Crippen molar-refractivity contribution in [1.29, 1.82) is 0 Å². The van der Waals surface area contributed by atoms with Crippen LogP contribution < -0.4 is 5.73 Å². The molecule has 0 saturated carbocycles. The minimum atomic E-state index is 0.165. The van der Waals surface area contributed by atoms with Crippen LogP contribution in [-0.2, 0) is 0 Å². The summed E-state index contributed by atoms with van der Waals surface area (Å²) in [7, 11) is 0. The standard InChI is InChI=1S/C14H23NS/c1-5-12(4)16-9-14(15)13-7-6-10(2)11(3)8-13/h6-8,12,14H,5,9,15H2,1-4H3. The van der Waals surface area contributed by atoms with E-state index in [-0.39, 0.29) is 6.04 Å². The summed E-state index contributed by atoms with van der Waals surface area (Å²) in [6.45, 7) is 8.77. The van der Waals surface area contributed by atoms with Gasteiger partial charge in [-0.3, -0.25) is 0 Å². The molecule has 0 heterocycles. The van der Waals surface area contributed by atoms with Crippen LogP contribution in [-0.4, -0.2) is 11.0 Å². The molecule has 0 spiro atoms. The van der Waals surface area contributed by atoms with E-state index in [1.165, 1.54) is 23.1 Å². The molecule has 0 saturated heterocycles. The zero-order chi connectivity index (χ0) is 12.1. The smallest absolute Gasteiger partial charge is 0.0386 e. The average Bonchev–Trinajstić information content (AvgIpc) is 2.29. The maximum absolute atomic E-state index is 6.20. The third kappa shape index (κ3) is 3.84. The zero-order valence-corrected chi connectivity index (χ0v) is 11.6. The van der Waals surface area contributed by atoms with E-state index in [9.17, 15) is 0 Å². The number of hydrogen-bond donors (Lipinski definition) is 1. The number of aryl methyl sites for hydroxylation is 2. The lowest BCUT2D eigenvalue weighted by Gasteiger charge is -2.15. The van der Waals surface area contributed by atoms with Gasteiger partial charge in [0.15, 0.2) is 0 Å². The van der Waals surface area contributed by atoms with Crippen LogP contribution in [0.25, 0.3) is 0 Å².